The summed E-state index contributed by atoms with van der Waals surface area (Å²) in [7, 11) is 0. The molecule has 1 aliphatic heterocycles. The second-order valence-electron chi connectivity index (χ2n) is 4.89. The second-order valence-corrected chi connectivity index (χ2v) is 5.98. The molecule has 8 heteroatoms. The fourth-order valence-corrected chi connectivity index (χ4v) is 3.30. The van der Waals surface area contributed by atoms with E-state index >= 15 is 0 Å². The van der Waals surface area contributed by atoms with Gasteiger partial charge in [-0.1, -0.05) is 0 Å². The molecular formula is C13H14N4O3S. The third-order valence-electron chi connectivity index (χ3n) is 3.52. The first-order chi connectivity index (χ1) is 10.1. The molecule has 0 saturated carbocycles. The molecule has 0 aliphatic carbocycles. The Balaban J connectivity index is 1.73. The predicted molar refractivity (Wildman–Crippen MR) is 75.5 cm³/mol. The number of nitrogens with zero attached hydrogens (tertiary/aromatic N) is 4. The summed E-state index contributed by atoms with van der Waals surface area (Å²) >= 11 is 1.02. The molecule has 1 aliphatic rings. The van der Waals surface area contributed by atoms with E-state index in [1.807, 2.05) is 0 Å². The molecule has 1 unspecified atom stereocenters. The summed E-state index contributed by atoms with van der Waals surface area (Å²) in [5.41, 5.74) is 0. The van der Waals surface area contributed by atoms with E-state index in [-0.39, 0.29) is 16.8 Å². The van der Waals surface area contributed by atoms with Gasteiger partial charge in [0.05, 0.1) is 10.9 Å². The number of carboxylic acids is 1. The maximum atomic E-state index is 12.4. The van der Waals surface area contributed by atoms with Crippen molar-refractivity contribution in [3.05, 3.63) is 34.5 Å². The van der Waals surface area contributed by atoms with E-state index in [0.29, 0.717) is 18.0 Å². The zero-order valence-corrected chi connectivity index (χ0v) is 12.0. The molecule has 1 atom stereocenters. The monoisotopic (exact) mass is 306 g/mol. The van der Waals surface area contributed by atoms with Crippen molar-refractivity contribution >= 4 is 23.2 Å². The fraction of sp³-hybridized carbons (Fsp3) is 0.385. The molecule has 7 nitrogen and oxygen atoms in total. The number of piperidine rings is 1. The van der Waals surface area contributed by atoms with Crippen molar-refractivity contribution in [1.29, 1.82) is 0 Å². The van der Waals surface area contributed by atoms with Gasteiger partial charge in [-0.3, -0.25) is 4.79 Å². The Kier molecular flexibility index (Phi) is 3.70. The van der Waals surface area contributed by atoms with Crippen LogP contribution in [-0.4, -0.2) is 49.7 Å². The van der Waals surface area contributed by atoms with E-state index in [2.05, 4.69) is 10.1 Å². The summed E-state index contributed by atoms with van der Waals surface area (Å²) in [5, 5.41) is 13.1. The van der Waals surface area contributed by atoms with Gasteiger partial charge in [0, 0.05) is 13.1 Å². The second kappa shape index (κ2) is 5.65. The van der Waals surface area contributed by atoms with Gasteiger partial charge in [0.15, 0.2) is 0 Å². The van der Waals surface area contributed by atoms with Gasteiger partial charge in [0.2, 0.25) is 0 Å². The van der Waals surface area contributed by atoms with Crippen LogP contribution >= 0.6 is 11.3 Å². The number of rotatable bonds is 3. The lowest BCUT2D eigenvalue weighted by atomic mass is 10.1. The minimum Gasteiger partial charge on any atom is -0.477 e. The van der Waals surface area contributed by atoms with E-state index in [0.717, 1.165) is 24.2 Å². The average molecular weight is 306 g/mol. The molecule has 0 spiro atoms. The topological polar surface area (TPSA) is 88.3 Å². The van der Waals surface area contributed by atoms with Gasteiger partial charge in [-0.25, -0.2) is 14.5 Å². The van der Waals surface area contributed by atoms with Crippen molar-refractivity contribution in [3.63, 3.8) is 0 Å². The number of likely N-dealkylation sites (tertiary alicyclic amines) is 1. The molecule has 110 valence electrons. The molecule has 2 aromatic heterocycles. The average Bonchev–Trinajstić information content (AvgIpc) is 3.18. The first-order valence-electron chi connectivity index (χ1n) is 6.61. The van der Waals surface area contributed by atoms with Crippen LogP contribution < -0.4 is 0 Å². The summed E-state index contributed by atoms with van der Waals surface area (Å²) in [6, 6.07) is 3.18. The molecule has 1 saturated heterocycles. The number of aromatic carboxylic acids is 1. The number of hydrogen-bond donors (Lipinski definition) is 1. The standard InChI is InChI=1S/C13H14N4O3S/c18-12(10-3-4-11(21-10)13(19)20)16-5-1-2-9(6-16)17-8-14-7-15-17/h3-4,7-9H,1-2,5-6H2,(H,19,20). The Hall–Kier alpha value is -2.22. The summed E-state index contributed by atoms with van der Waals surface area (Å²) in [6.07, 6.45) is 5.00. The van der Waals surface area contributed by atoms with Crippen LogP contribution in [0.3, 0.4) is 0 Å². The first-order valence-corrected chi connectivity index (χ1v) is 7.43. The molecule has 2 aromatic rings. The van der Waals surface area contributed by atoms with Gasteiger partial charge in [-0.15, -0.1) is 11.3 Å². The fourth-order valence-electron chi connectivity index (χ4n) is 2.48. The third-order valence-corrected chi connectivity index (χ3v) is 4.58. The maximum absolute atomic E-state index is 12.4. The smallest absolute Gasteiger partial charge is 0.345 e. The number of carbonyl (C=O) groups is 2. The van der Waals surface area contributed by atoms with Crippen LogP contribution in [0, 0.1) is 0 Å². The van der Waals surface area contributed by atoms with E-state index in [1.165, 1.54) is 12.4 Å². The van der Waals surface area contributed by atoms with Gasteiger partial charge in [0.1, 0.15) is 17.5 Å². The van der Waals surface area contributed by atoms with Crippen molar-refractivity contribution in [1.82, 2.24) is 19.7 Å². The Morgan fingerprint density at radius 1 is 1.33 bits per heavy atom. The highest BCUT2D eigenvalue weighted by Crippen LogP contribution is 2.24. The summed E-state index contributed by atoms with van der Waals surface area (Å²) < 4.78 is 1.77. The van der Waals surface area contributed by atoms with Crippen LogP contribution in [0.2, 0.25) is 0 Å². The minimum atomic E-state index is -1.00. The normalized spacial score (nSPS) is 18.7. The molecule has 0 radical (unpaired) electrons. The Morgan fingerprint density at radius 3 is 2.81 bits per heavy atom. The van der Waals surface area contributed by atoms with Crippen molar-refractivity contribution in [2.24, 2.45) is 0 Å². The number of thiophene rings is 1. The highest BCUT2D eigenvalue weighted by Gasteiger charge is 2.27. The zero-order chi connectivity index (χ0) is 14.8. The molecule has 1 N–H and O–H groups in total. The lowest BCUT2D eigenvalue weighted by molar-refractivity contribution is 0.0676. The SMILES string of the molecule is O=C(O)c1ccc(C(=O)N2CCCC(n3cncn3)C2)s1. The van der Waals surface area contributed by atoms with Gasteiger partial charge < -0.3 is 10.0 Å². The zero-order valence-electron chi connectivity index (χ0n) is 11.2. The lowest BCUT2D eigenvalue weighted by Crippen LogP contribution is -2.40. The van der Waals surface area contributed by atoms with Crippen LogP contribution in [-0.2, 0) is 0 Å². The van der Waals surface area contributed by atoms with Crippen molar-refractivity contribution in [3.8, 4) is 0 Å². The minimum absolute atomic E-state index is 0.114. The Morgan fingerprint density at radius 2 is 2.14 bits per heavy atom. The first kappa shape index (κ1) is 13.7. The van der Waals surface area contributed by atoms with Gasteiger partial charge >= 0.3 is 5.97 Å². The van der Waals surface area contributed by atoms with E-state index in [9.17, 15) is 9.59 Å². The van der Waals surface area contributed by atoms with Crippen molar-refractivity contribution < 1.29 is 14.7 Å². The van der Waals surface area contributed by atoms with Crippen molar-refractivity contribution in [2.75, 3.05) is 13.1 Å². The van der Waals surface area contributed by atoms with Crippen LogP contribution in [0.4, 0.5) is 0 Å². The molecule has 0 aromatic carbocycles. The van der Waals surface area contributed by atoms with Crippen LogP contribution in [0.15, 0.2) is 24.8 Å². The molecule has 0 bridgehead atoms. The van der Waals surface area contributed by atoms with Crippen LogP contribution in [0.5, 0.6) is 0 Å². The van der Waals surface area contributed by atoms with Crippen molar-refractivity contribution in [2.45, 2.75) is 18.9 Å². The predicted octanol–water partition coefficient (Wildman–Crippen LogP) is 1.52. The number of hydrogen-bond acceptors (Lipinski definition) is 5. The van der Waals surface area contributed by atoms with Crippen LogP contribution in [0.25, 0.3) is 0 Å². The number of amides is 1. The Labute approximate surface area is 124 Å². The molecule has 1 amide bonds. The van der Waals surface area contributed by atoms with Crippen LogP contribution in [0.1, 0.15) is 38.2 Å². The summed E-state index contributed by atoms with van der Waals surface area (Å²) in [6.45, 7) is 1.26. The van der Waals surface area contributed by atoms with E-state index in [4.69, 9.17) is 5.11 Å². The largest absolute Gasteiger partial charge is 0.477 e. The molecule has 3 heterocycles. The quantitative estimate of drug-likeness (QED) is 0.928. The lowest BCUT2D eigenvalue weighted by Gasteiger charge is -2.32. The summed E-state index contributed by atoms with van der Waals surface area (Å²) in [4.78, 5) is 29.7. The third kappa shape index (κ3) is 2.80. The highest BCUT2D eigenvalue weighted by atomic mass is 32.1. The number of carbonyl (C=O) groups excluding carboxylic acids is 1. The maximum Gasteiger partial charge on any atom is 0.345 e. The molecular weight excluding hydrogens is 292 g/mol. The Bertz CT molecular complexity index is 652. The molecule has 21 heavy (non-hydrogen) atoms. The summed E-state index contributed by atoms with van der Waals surface area (Å²) in [5.74, 6) is -1.12. The van der Waals surface area contributed by atoms with Gasteiger partial charge in [0.25, 0.3) is 5.91 Å². The van der Waals surface area contributed by atoms with Gasteiger partial charge in [-0.2, -0.15) is 5.10 Å². The van der Waals surface area contributed by atoms with E-state index in [1.54, 1.807) is 22.0 Å². The number of carboxylic acid groups (broad SMARTS) is 1. The molecule has 3 rings (SSSR count). The number of aromatic nitrogens is 3. The molecule has 1 fully saturated rings. The highest BCUT2D eigenvalue weighted by molar-refractivity contribution is 7.15. The van der Waals surface area contributed by atoms with E-state index < -0.39 is 5.97 Å². The van der Waals surface area contributed by atoms with Gasteiger partial charge in [-0.05, 0) is 25.0 Å².